The number of ether oxygens (including phenoxy) is 1. The fourth-order valence-corrected chi connectivity index (χ4v) is 0.389. The molecule has 0 saturated heterocycles. The Morgan fingerprint density at radius 1 is 1.58 bits per heavy atom. The van der Waals surface area contributed by atoms with Crippen molar-refractivity contribution in [3.8, 4) is 0 Å². The lowest BCUT2D eigenvalue weighted by Crippen LogP contribution is -3.00. The lowest BCUT2D eigenvalue weighted by Gasteiger charge is -2.26. The molecule has 0 heterocycles. The van der Waals surface area contributed by atoms with Crippen LogP contribution in [0.15, 0.2) is 12.7 Å². The van der Waals surface area contributed by atoms with Gasteiger partial charge in [0.05, 0.1) is 20.6 Å². The molecule has 0 radical (unpaired) electrons. The van der Waals surface area contributed by atoms with Gasteiger partial charge in [0, 0.05) is 6.08 Å². The molecule has 0 aliphatic heterocycles. The van der Waals surface area contributed by atoms with Gasteiger partial charge in [-0.25, -0.2) is 4.79 Å². The molecule has 0 aromatic carbocycles. The van der Waals surface area contributed by atoms with Crippen LogP contribution in [0.4, 0.5) is 0 Å². The Bertz CT molecular complexity index is 157. The van der Waals surface area contributed by atoms with E-state index in [0.717, 1.165) is 6.54 Å². The second-order valence-corrected chi connectivity index (χ2v) is 3.05. The number of nitrogens with zero attached hydrogens (tertiary/aromatic N) is 1. The average Bonchev–Trinajstić information content (AvgIpc) is 2.00. The van der Waals surface area contributed by atoms with Gasteiger partial charge in [-0.15, -0.1) is 0 Å². The molecule has 0 aromatic heterocycles. The number of rotatable bonds is 4. The molecule has 3 nitrogen and oxygen atoms in total. The summed E-state index contributed by atoms with van der Waals surface area (Å²) in [5.41, 5.74) is 0. The van der Waals surface area contributed by atoms with Crippen molar-refractivity contribution in [1.82, 2.24) is 0 Å². The average molecular weight is 238 g/mol. The summed E-state index contributed by atoms with van der Waals surface area (Å²) in [4.78, 5) is 10.6. The highest BCUT2D eigenvalue weighted by molar-refractivity contribution is 5.81. The molecule has 12 heavy (non-hydrogen) atoms. The number of hydrogen-bond donors (Lipinski definition) is 0. The SMILES string of the molecule is C=CC(=O)OC[N+](C)(C)CC.[Br-]. The Hall–Kier alpha value is -0.350. The van der Waals surface area contributed by atoms with E-state index in [0.29, 0.717) is 11.2 Å². The van der Waals surface area contributed by atoms with Crippen molar-refractivity contribution in [3.63, 3.8) is 0 Å². The van der Waals surface area contributed by atoms with Crippen molar-refractivity contribution in [1.29, 1.82) is 0 Å². The van der Waals surface area contributed by atoms with E-state index in [1.165, 1.54) is 6.08 Å². The number of quaternary nitrogens is 1. The second-order valence-electron chi connectivity index (χ2n) is 3.05. The molecule has 0 aliphatic rings. The first-order valence-corrected chi connectivity index (χ1v) is 3.63. The summed E-state index contributed by atoms with van der Waals surface area (Å²) in [6.07, 6.45) is 1.18. The van der Waals surface area contributed by atoms with E-state index in [1.54, 1.807) is 0 Å². The third kappa shape index (κ3) is 6.37. The minimum absolute atomic E-state index is 0. The van der Waals surface area contributed by atoms with Gasteiger partial charge in [-0.05, 0) is 6.92 Å². The van der Waals surface area contributed by atoms with Crippen LogP contribution in [-0.4, -0.2) is 37.8 Å². The Labute approximate surface area is 84.4 Å². The van der Waals surface area contributed by atoms with Crippen molar-refractivity contribution in [2.75, 3.05) is 27.4 Å². The Kier molecular flexibility index (Phi) is 7.33. The minimum atomic E-state index is -0.357. The van der Waals surface area contributed by atoms with Crippen molar-refractivity contribution >= 4 is 5.97 Å². The molecular weight excluding hydrogens is 222 g/mol. The Morgan fingerprint density at radius 2 is 2.08 bits per heavy atom. The number of carbonyl (C=O) groups is 1. The predicted molar refractivity (Wildman–Crippen MR) is 43.8 cm³/mol. The first kappa shape index (κ1) is 14.2. The standard InChI is InChI=1S/C8H16NO2.BrH/c1-5-8(10)11-7-9(3,4)6-2;/h5H,1,6-7H2,2-4H3;1H/q+1;/p-1. The summed E-state index contributed by atoms with van der Waals surface area (Å²) in [6, 6.07) is 0. The largest absolute Gasteiger partial charge is 1.00 e. The van der Waals surface area contributed by atoms with Crippen LogP contribution in [0, 0.1) is 0 Å². The van der Waals surface area contributed by atoms with Crippen LogP contribution in [-0.2, 0) is 9.53 Å². The lowest BCUT2D eigenvalue weighted by molar-refractivity contribution is -0.905. The fourth-order valence-electron chi connectivity index (χ4n) is 0.389. The summed E-state index contributed by atoms with van der Waals surface area (Å²) in [5.74, 6) is -0.357. The first-order valence-electron chi connectivity index (χ1n) is 3.63. The van der Waals surface area contributed by atoms with Gasteiger partial charge in [0.2, 0.25) is 6.73 Å². The molecule has 0 amide bonds. The monoisotopic (exact) mass is 237 g/mol. The lowest BCUT2D eigenvalue weighted by atomic mass is 10.5. The third-order valence-electron chi connectivity index (χ3n) is 1.58. The van der Waals surface area contributed by atoms with Crippen LogP contribution in [0.25, 0.3) is 0 Å². The van der Waals surface area contributed by atoms with Gasteiger partial charge >= 0.3 is 5.97 Å². The van der Waals surface area contributed by atoms with Crippen LogP contribution in [0.2, 0.25) is 0 Å². The molecule has 0 N–H and O–H groups in total. The number of halogens is 1. The summed E-state index contributed by atoms with van der Waals surface area (Å²) in [6.45, 7) is 6.69. The van der Waals surface area contributed by atoms with E-state index in [4.69, 9.17) is 4.74 Å². The number of carbonyl (C=O) groups excluding carboxylic acids is 1. The van der Waals surface area contributed by atoms with E-state index >= 15 is 0 Å². The molecule has 0 rings (SSSR count). The molecule has 0 saturated carbocycles. The van der Waals surface area contributed by atoms with E-state index < -0.39 is 0 Å². The fraction of sp³-hybridized carbons (Fsp3) is 0.625. The van der Waals surface area contributed by atoms with Gasteiger partial charge in [0.1, 0.15) is 0 Å². The molecule has 0 aromatic rings. The van der Waals surface area contributed by atoms with Crippen molar-refractivity contribution in [3.05, 3.63) is 12.7 Å². The van der Waals surface area contributed by atoms with Crippen molar-refractivity contribution < 1.29 is 31.0 Å². The van der Waals surface area contributed by atoms with Crippen LogP contribution < -0.4 is 17.0 Å². The van der Waals surface area contributed by atoms with Gasteiger partial charge in [-0.1, -0.05) is 6.58 Å². The molecule has 0 spiro atoms. The van der Waals surface area contributed by atoms with Gasteiger partial charge < -0.3 is 21.7 Å². The maximum Gasteiger partial charge on any atom is 0.334 e. The van der Waals surface area contributed by atoms with Gasteiger partial charge in [0.15, 0.2) is 0 Å². The zero-order chi connectivity index (χ0) is 8.91. The molecule has 72 valence electrons. The van der Waals surface area contributed by atoms with E-state index in [-0.39, 0.29) is 23.0 Å². The Morgan fingerprint density at radius 3 is 2.42 bits per heavy atom. The maximum atomic E-state index is 10.6. The zero-order valence-corrected chi connectivity index (χ0v) is 9.43. The highest BCUT2D eigenvalue weighted by Gasteiger charge is 2.12. The summed E-state index contributed by atoms with van der Waals surface area (Å²) in [7, 11) is 3.99. The van der Waals surface area contributed by atoms with E-state index in [2.05, 4.69) is 6.58 Å². The number of esters is 1. The third-order valence-corrected chi connectivity index (χ3v) is 1.58. The van der Waals surface area contributed by atoms with Crippen LogP contribution in [0.5, 0.6) is 0 Å². The van der Waals surface area contributed by atoms with Crippen LogP contribution in [0.3, 0.4) is 0 Å². The molecule has 0 aliphatic carbocycles. The normalized spacial score (nSPS) is 9.92. The molecule has 0 atom stereocenters. The predicted octanol–water partition coefficient (Wildman–Crippen LogP) is -2.23. The van der Waals surface area contributed by atoms with Gasteiger partial charge in [-0.2, -0.15) is 0 Å². The van der Waals surface area contributed by atoms with Gasteiger partial charge in [-0.3, -0.25) is 4.48 Å². The smallest absolute Gasteiger partial charge is 0.334 e. The minimum Gasteiger partial charge on any atom is -1.00 e. The zero-order valence-electron chi connectivity index (χ0n) is 7.84. The van der Waals surface area contributed by atoms with Crippen LogP contribution >= 0.6 is 0 Å². The molecule has 0 bridgehead atoms. The van der Waals surface area contributed by atoms with Crippen molar-refractivity contribution in [2.24, 2.45) is 0 Å². The van der Waals surface area contributed by atoms with E-state index in [9.17, 15) is 4.79 Å². The number of hydrogen-bond acceptors (Lipinski definition) is 2. The molecule has 4 heteroatoms. The molecule has 0 fully saturated rings. The Balaban J connectivity index is 0. The topological polar surface area (TPSA) is 26.3 Å². The highest BCUT2D eigenvalue weighted by atomic mass is 79.9. The van der Waals surface area contributed by atoms with Crippen LogP contribution in [0.1, 0.15) is 6.92 Å². The van der Waals surface area contributed by atoms with Gasteiger partial charge in [0.25, 0.3) is 0 Å². The highest BCUT2D eigenvalue weighted by Crippen LogP contribution is 1.95. The van der Waals surface area contributed by atoms with Crippen molar-refractivity contribution in [2.45, 2.75) is 6.92 Å². The summed E-state index contributed by atoms with van der Waals surface area (Å²) < 4.78 is 5.54. The summed E-state index contributed by atoms with van der Waals surface area (Å²) in [5, 5.41) is 0. The molecular formula is C8H16BrNO2. The molecule has 0 unspecified atom stereocenters. The van der Waals surface area contributed by atoms with E-state index in [1.807, 2.05) is 21.0 Å². The quantitative estimate of drug-likeness (QED) is 0.240. The first-order chi connectivity index (χ1) is 5.02. The second kappa shape index (κ2) is 6.20. The summed E-state index contributed by atoms with van der Waals surface area (Å²) >= 11 is 0. The maximum absolute atomic E-state index is 10.6.